The van der Waals surface area contributed by atoms with Crippen LogP contribution in [0.15, 0.2) is 28.7 Å². The minimum absolute atomic E-state index is 0.174. The van der Waals surface area contributed by atoms with Crippen LogP contribution in [0, 0.1) is 0 Å². The summed E-state index contributed by atoms with van der Waals surface area (Å²) in [4.78, 5) is 2.45. The van der Waals surface area contributed by atoms with Crippen molar-refractivity contribution in [2.75, 3.05) is 18.0 Å². The Balaban J connectivity index is 2.25. The zero-order valence-electron chi connectivity index (χ0n) is 10.1. The molecule has 3 heteroatoms. The molecule has 1 unspecified atom stereocenters. The standard InChI is InChI=1S/C13H19BrN2/c1-10-8-16(9-13(2,3)15-10)12-7-5-4-6-11(12)14/h4-7,10,15H,8-9H2,1-3H3. The van der Waals surface area contributed by atoms with E-state index in [1.807, 2.05) is 0 Å². The first kappa shape index (κ1) is 11.9. The molecule has 0 aliphatic carbocycles. The highest BCUT2D eigenvalue weighted by atomic mass is 79.9. The highest BCUT2D eigenvalue weighted by Crippen LogP contribution is 2.28. The Morgan fingerprint density at radius 1 is 1.38 bits per heavy atom. The van der Waals surface area contributed by atoms with Crippen molar-refractivity contribution < 1.29 is 0 Å². The molecule has 1 atom stereocenters. The van der Waals surface area contributed by atoms with Gasteiger partial charge >= 0.3 is 0 Å². The van der Waals surface area contributed by atoms with Crippen LogP contribution in [0.4, 0.5) is 5.69 Å². The quantitative estimate of drug-likeness (QED) is 0.852. The number of benzene rings is 1. The number of halogens is 1. The van der Waals surface area contributed by atoms with Crippen LogP contribution in [-0.2, 0) is 0 Å². The van der Waals surface area contributed by atoms with Gasteiger partial charge in [-0.1, -0.05) is 12.1 Å². The van der Waals surface area contributed by atoms with Gasteiger partial charge in [0.1, 0.15) is 0 Å². The second-order valence-electron chi connectivity index (χ2n) is 5.26. The summed E-state index contributed by atoms with van der Waals surface area (Å²) in [5, 5.41) is 3.62. The minimum Gasteiger partial charge on any atom is -0.367 e. The first-order chi connectivity index (χ1) is 7.48. The summed E-state index contributed by atoms with van der Waals surface area (Å²) >= 11 is 3.63. The molecule has 2 rings (SSSR count). The fourth-order valence-electron chi connectivity index (χ4n) is 2.52. The van der Waals surface area contributed by atoms with Crippen molar-refractivity contribution in [2.45, 2.75) is 32.4 Å². The summed E-state index contributed by atoms with van der Waals surface area (Å²) in [5.74, 6) is 0. The molecule has 1 N–H and O–H groups in total. The zero-order valence-corrected chi connectivity index (χ0v) is 11.7. The van der Waals surface area contributed by atoms with Crippen molar-refractivity contribution in [3.8, 4) is 0 Å². The topological polar surface area (TPSA) is 15.3 Å². The molecule has 88 valence electrons. The van der Waals surface area contributed by atoms with Gasteiger partial charge in [0.15, 0.2) is 0 Å². The number of nitrogens with zero attached hydrogens (tertiary/aromatic N) is 1. The summed E-state index contributed by atoms with van der Waals surface area (Å²) in [6.07, 6.45) is 0. The van der Waals surface area contributed by atoms with Crippen LogP contribution in [-0.4, -0.2) is 24.7 Å². The molecule has 0 aromatic heterocycles. The highest BCUT2D eigenvalue weighted by Gasteiger charge is 2.30. The number of rotatable bonds is 1. The van der Waals surface area contributed by atoms with Gasteiger partial charge in [0.2, 0.25) is 0 Å². The predicted octanol–water partition coefficient (Wildman–Crippen LogP) is 3.03. The van der Waals surface area contributed by atoms with Gasteiger partial charge in [0.25, 0.3) is 0 Å². The molecular weight excluding hydrogens is 264 g/mol. The van der Waals surface area contributed by atoms with E-state index < -0.39 is 0 Å². The minimum atomic E-state index is 0.174. The number of nitrogens with one attached hydrogen (secondary N) is 1. The van der Waals surface area contributed by atoms with Gasteiger partial charge in [0.05, 0.1) is 5.69 Å². The molecule has 0 saturated carbocycles. The van der Waals surface area contributed by atoms with Crippen LogP contribution in [0.3, 0.4) is 0 Å². The molecule has 0 spiro atoms. The lowest BCUT2D eigenvalue weighted by molar-refractivity contribution is 0.301. The van der Waals surface area contributed by atoms with Crippen LogP contribution in [0.1, 0.15) is 20.8 Å². The smallest absolute Gasteiger partial charge is 0.0511 e. The molecule has 16 heavy (non-hydrogen) atoms. The van der Waals surface area contributed by atoms with Crippen molar-refractivity contribution in [3.63, 3.8) is 0 Å². The van der Waals surface area contributed by atoms with Crippen LogP contribution in [0.25, 0.3) is 0 Å². The van der Waals surface area contributed by atoms with Crippen molar-refractivity contribution >= 4 is 21.6 Å². The second-order valence-corrected chi connectivity index (χ2v) is 6.12. The number of hydrogen-bond acceptors (Lipinski definition) is 2. The molecule has 1 aliphatic rings. The molecule has 1 fully saturated rings. The van der Waals surface area contributed by atoms with E-state index in [0.29, 0.717) is 6.04 Å². The lowest BCUT2D eigenvalue weighted by Crippen LogP contribution is -2.61. The SMILES string of the molecule is CC1CN(c2ccccc2Br)CC(C)(C)N1. The Kier molecular flexibility index (Phi) is 3.27. The highest BCUT2D eigenvalue weighted by molar-refractivity contribution is 9.10. The monoisotopic (exact) mass is 282 g/mol. The Hall–Kier alpha value is -0.540. The summed E-state index contributed by atoms with van der Waals surface area (Å²) in [7, 11) is 0. The van der Waals surface area contributed by atoms with Gasteiger partial charge in [0, 0.05) is 29.1 Å². The third kappa shape index (κ3) is 2.58. The molecule has 1 aromatic carbocycles. The Morgan fingerprint density at radius 3 is 2.69 bits per heavy atom. The molecule has 2 nitrogen and oxygen atoms in total. The molecule has 0 amide bonds. The van der Waals surface area contributed by atoms with Gasteiger partial charge in [-0.15, -0.1) is 0 Å². The molecule has 1 aliphatic heterocycles. The van der Waals surface area contributed by atoms with Crippen molar-refractivity contribution in [1.82, 2.24) is 5.32 Å². The molecule has 1 aromatic rings. The van der Waals surface area contributed by atoms with Gasteiger partial charge in [-0.05, 0) is 48.8 Å². The number of anilines is 1. The van der Waals surface area contributed by atoms with E-state index in [4.69, 9.17) is 0 Å². The molecule has 0 radical (unpaired) electrons. The third-order valence-electron chi connectivity index (χ3n) is 2.91. The van der Waals surface area contributed by atoms with Gasteiger partial charge in [-0.25, -0.2) is 0 Å². The van der Waals surface area contributed by atoms with Crippen molar-refractivity contribution in [2.24, 2.45) is 0 Å². The van der Waals surface area contributed by atoms with Gasteiger partial charge in [-0.2, -0.15) is 0 Å². The zero-order chi connectivity index (χ0) is 11.8. The fourth-order valence-corrected chi connectivity index (χ4v) is 3.06. The molecular formula is C13H19BrN2. The first-order valence-electron chi connectivity index (χ1n) is 5.75. The Morgan fingerprint density at radius 2 is 2.06 bits per heavy atom. The van der Waals surface area contributed by atoms with Gasteiger partial charge in [-0.3, -0.25) is 0 Å². The van der Waals surface area contributed by atoms with E-state index >= 15 is 0 Å². The average molecular weight is 283 g/mol. The summed E-state index contributed by atoms with van der Waals surface area (Å²) in [5.41, 5.74) is 1.47. The lowest BCUT2D eigenvalue weighted by Gasteiger charge is -2.44. The van der Waals surface area contributed by atoms with Crippen LogP contribution in [0.5, 0.6) is 0 Å². The second kappa shape index (κ2) is 4.38. The molecule has 0 bridgehead atoms. The maximum Gasteiger partial charge on any atom is 0.0511 e. The van der Waals surface area contributed by atoms with Gasteiger partial charge < -0.3 is 10.2 Å². The molecule has 1 heterocycles. The van der Waals surface area contributed by atoms with E-state index in [0.717, 1.165) is 13.1 Å². The van der Waals surface area contributed by atoms with E-state index in [9.17, 15) is 0 Å². The van der Waals surface area contributed by atoms with E-state index in [-0.39, 0.29) is 5.54 Å². The maximum atomic E-state index is 3.63. The maximum absolute atomic E-state index is 3.63. The van der Waals surface area contributed by atoms with Crippen molar-refractivity contribution in [1.29, 1.82) is 0 Å². The molecule has 1 saturated heterocycles. The lowest BCUT2D eigenvalue weighted by atomic mass is 9.98. The van der Waals surface area contributed by atoms with E-state index in [1.54, 1.807) is 0 Å². The predicted molar refractivity (Wildman–Crippen MR) is 73.0 cm³/mol. The van der Waals surface area contributed by atoms with E-state index in [2.05, 4.69) is 71.2 Å². The number of piperazine rings is 1. The van der Waals surface area contributed by atoms with E-state index in [1.165, 1.54) is 10.2 Å². The number of para-hydroxylation sites is 1. The largest absolute Gasteiger partial charge is 0.367 e. The fraction of sp³-hybridized carbons (Fsp3) is 0.538. The van der Waals surface area contributed by atoms with Crippen LogP contribution in [0.2, 0.25) is 0 Å². The average Bonchev–Trinajstić information content (AvgIpc) is 2.15. The Bertz CT molecular complexity index is 376. The van der Waals surface area contributed by atoms with Crippen LogP contribution < -0.4 is 10.2 Å². The van der Waals surface area contributed by atoms with Crippen molar-refractivity contribution in [3.05, 3.63) is 28.7 Å². The normalized spacial score (nSPS) is 24.5. The summed E-state index contributed by atoms with van der Waals surface area (Å²) in [6.45, 7) is 8.86. The third-order valence-corrected chi connectivity index (χ3v) is 3.58. The first-order valence-corrected chi connectivity index (χ1v) is 6.54. The Labute approximate surface area is 106 Å². The summed E-state index contributed by atoms with van der Waals surface area (Å²) < 4.78 is 1.18. The number of hydrogen-bond donors (Lipinski definition) is 1. The van der Waals surface area contributed by atoms with Crippen LogP contribution >= 0.6 is 15.9 Å². The summed E-state index contributed by atoms with van der Waals surface area (Å²) in [6, 6.07) is 8.97.